The fourth-order valence-corrected chi connectivity index (χ4v) is 3.07. The number of ether oxygens (including phenoxy) is 2. The second kappa shape index (κ2) is 5.80. The van der Waals surface area contributed by atoms with Gasteiger partial charge in [0.1, 0.15) is 24.1 Å². The van der Waals surface area contributed by atoms with E-state index < -0.39 is 0 Å². The summed E-state index contributed by atoms with van der Waals surface area (Å²) in [6.45, 7) is 1.18. The first kappa shape index (κ1) is 13.4. The van der Waals surface area contributed by atoms with Crippen LogP contribution in [0.5, 0.6) is 11.5 Å². The topological polar surface area (TPSA) is 70.3 Å². The first-order chi connectivity index (χ1) is 9.74. The lowest BCUT2D eigenvalue weighted by Crippen LogP contribution is -2.15. The van der Waals surface area contributed by atoms with Gasteiger partial charge < -0.3 is 15.2 Å². The van der Waals surface area contributed by atoms with Gasteiger partial charge in [0, 0.05) is 11.0 Å². The Balaban J connectivity index is 1.85. The van der Waals surface area contributed by atoms with Crippen LogP contribution in [0, 0.1) is 0 Å². The van der Waals surface area contributed by atoms with Crippen molar-refractivity contribution in [3.05, 3.63) is 24.3 Å². The predicted molar refractivity (Wildman–Crippen MR) is 79.8 cm³/mol. The second-order valence-corrected chi connectivity index (χ2v) is 5.89. The van der Waals surface area contributed by atoms with Crippen LogP contribution in [0.25, 0.3) is 0 Å². The van der Waals surface area contributed by atoms with Gasteiger partial charge in [-0.05, 0) is 24.5 Å². The van der Waals surface area contributed by atoms with E-state index in [4.69, 9.17) is 15.2 Å². The van der Waals surface area contributed by atoms with Gasteiger partial charge in [-0.1, -0.05) is 23.5 Å². The van der Waals surface area contributed by atoms with E-state index in [0.717, 1.165) is 21.4 Å². The van der Waals surface area contributed by atoms with Crippen molar-refractivity contribution in [1.29, 1.82) is 0 Å². The molecule has 0 radical (unpaired) electrons. The number of fused-ring (bicyclic) bond motifs is 1. The number of rotatable bonds is 3. The highest BCUT2D eigenvalue weighted by atomic mass is 32.2. The molecule has 5 nitrogen and oxygen atoms in total. The van der Waals surface area contributed by atoms with E-state index in [9.17, 15) is 0 Å². The summed E-state index contributed by atoms with van der Waals surface area (Å²) in [5.74, 6) is 2.03. The van der Waals surface area contributed by atoms with E-state index in [-0.39, 0.29) is 0 Å². The second-order valence-electron chi connectivity index (χ2n) is 4.03. The number of thioether (sulfide) groups is 1. The molecule has 7 heteroatoms. The number of nitrogens with zero attached hydrogens (tertiary/aromatic N) is 2. The van der Waals surface area contributed by atoms with Gasteiger partial charge in [0.05, 0.1) is 0 Å². The molecule has 2 aromatic rings. The quantitative estimate of drug-likeness (QED) is 0.531. The average molecular weight is 307 g/mol. The van der Waals surface area contributed by atoms with Crippen molar-refractivity contribution in [2.75, 3.05) is 25.2 Å². The molecule has 2 heterocycles. The van der Waals surface area contributed by atoms with Gasteiger partial charge in [0.25, 0.3) is 0 Å². The smallest absolute Gasteiger partial charge is 0.190 e. The van der Waals surface area contributed by atoms with E-state index in [1.807, 2.05) is 24.5 Å². The van der Waals surface area contributed by atoms with Crippen LogP contribution >= 0.6 is 23.5 Å². The lowest BCUT2D eigenvalue weighted by Gasteiger charge is -2.18. The van der Waals surface area contributed by atoms with E-state index in [1.165, 1.54) is 23.5 Å². The summed E-state index contributed by atoms with van der Waals surface area (Å²) < 4.78 is 11.1. The molecule has 0 atom stereocenters. The van der Waals surface area contributed by atoms with Crippen LogP contribution in [-0.4, -0.2) is 29.4 Å². The van der Waals surface area contributed by atoms with Crippen molar-refractivity contribution in [1.82, 2.24) is 9.97 Å². The molecule has 1 aliphatic rings. The number of anilines is 1. The third-order valence-corrected chi connectivity index (χ3v) is 4.08. The summed E-state index contributed by atoms with van der Waals surface area (Å²) in [7, 11) is 0. The molecule has 2 N–H and O–H groups in total. The molecule has 0 saturated carbocycles. The van der Waals surface area contributed by atoms with Crippen LogP contribution in [0.15, 0.2) is 39.3 Å². The standard InChI is InChI=1S/C13H13N3O2S2/c1-19-13-15-11(14)7-12(16-13)20-8-2-3-9-10(6-8)18-5-4-17-9/h2-3,6-7H,4-5H2,1H3,(H2,14,15,16). The first-order valence-electron chi connectivity index (χ1n) is 6.00. The molecule has 0 amide bonds. The molecule has 0 spiro atoms. The van der Waals surface area contributed by atoms with E-state index in [2.05, 4.69) is 9.97 Å². The molecular formula is C13H13N3O2S2. The minimum Gasteiger partial charge on any atom is -0.486 e. The summed E-state index contributed by atoms with van der Waals surface area (Å²) in [5.41, 5.74) is 5.78. The summed E-state index contributed by atoms with van der Waals surface area (Å²) in [5, 5.41) is 1.49. The van der Waals surface area contributed by atoms with Crippen LogP contribution in [-0.2, 0) is 0 Å². The number of hydrogen-bond acceptors (Lipinski definition) is 7. The summed E-state index contributed by atoms with van der Waals surface area (Å²) in [6.07, 6.45) is 1.92. The Kier molecular flexibility index (Phi) is 3.88. The Morgan fingerprint density at radius 3 is 2.70 bits per heavy atom. The minimum absolute atomic E-state index is 0.476. The largest absolute Gasteiger partial charge is 0.486 e. The fourth-order valence-electron chi connectivity index (χ4n) is 1.77. The number of nitrogen functional groups attached to an aromatic ring is 1. The predicted octanol–water partition coefficient (Wildman–Crippen LogP) is 2.70. The van der Waals surface area contributed by atoms with E-state index in [1.54, 1.807) is 6.07 Å². The highest BCUT2D eigenvalue weighted by molar-refractivity contribution is 7.99. The van der Waals surface area contributed by atoms with Gasteiger partial charge in [0.2, 0.25) is 0 Å². The molecule has 0 bridgehead atoms. The highest BCUT2D eigenvalue weighted by Crippen LogP contribution is 2.36. The van der Waals surface area contributed by atoms with Crippen molar-refractivity contribution in [2.24, 2.45) is 0 Å². The molecule has 1 aliphatic heterocycles. The Labute approximate surface area is 125 Å². The van der Waals surface area contributed by atoms with Gasteiger partial charge in [-0.25, -0.2) is 9.97 Å². The van der Waals surface area contributed by atoms with Gasteiger partial charge >= 0.3 is 0 Å². The minimum atomic E-state index is 0.476. The van der Waals surface area contributed by atoms with Crippen molar-refractivity contribution < 1.29 is 9.47 Å². The molecule has 1 aromatic carbocycles. The maximum absolute atomic E-state index is 5.78. The van der Waals surface area contributed by atoms with Crippen LogP contribution in [0.2, 0.25) is 0 Å². The monoisotopic (exact) mass is 307 g/mol. The summed E-state index contributed by atoms with van der Waals surface area (Å²) in [4.78, 5) is 9.59. The summed E-state index contributed by atoms with van der Waals surface area (Å²) in [6, 6.07) is 7.61. The lowest BCUT2D eigenvalue weighted by atomic mass is 10.3. The highest BCUT2D eigenvalue weighted by Gasteiger charge is 2.13. The molecule has 1 aromatic heterocycles. The van der Waals surface area contributed by atoms with Crippen LogP contribution in [0.1, 0.15) is 0 Å². The molecule has 0 aliphatic carbocycles. The molecule has 0 fully saturated rings. The SMILES string of the molecule is CSc1nc(N)cc(Sc2ccc3c(c2)OCCO3)n1. The van der Waals surface area contributed by atoms with E-state index in [0.29, 0.717) is 24.2 Å². The summed E-state index contributed by atoms with van der Waals surface area (Å²) >= 11 is 2.99. The molecule has 0 saturated heterocycles. The van der Waals surface area contributed by atoms with E-state index >= 15 is 0 Å². The van der Waals surface area contributed by atoms with Crippen LogP contribution in [0.4, 0.5) is 5.82 Å². The maximum Gasteiger partial charge on any atom is 0.190 e. The fraction of sp³-hybridized carbons (Fsp3) is 0.231. The molecule has 104 valence electrons. The van der Waals surface area contributed by atoms with Gasteiger partial charge in [-0.2, -0.15) is 0 Å². The Morgan fingerprint density at radius 2 is 1.90 bits per heavy atom. The third-order valence-electron chi connectivity index (χ3n) is 2.62. The van der Waals surface area contributed by atoms with Crippen LogP contribution in [0.3, 0.4) is 0 Å². The van der Waals surface area contributed by atoms with Gasteiger partial charge in [-0.3, -0.25) is 0 Å². The Hall–Kier alpha value is -1.60. The normalized spacial score (nSPS) is 13.2. The Bertz CT molecular complexity index is 637. The van der Waals surface area contributed by atoms with Crippen molar-refractivity contribution >= 4 is 29.3 Å². The van der Waals surface area contributed by atoms with Gasteiger partial charge in [0.15, 0.2) is 16.7 Å². The molecule has 3 rings (SSSR count). The third kappa shape index (κ3) is 2.94. The molecule has 20 heavy (non-hydrogen) atoms. The average Bonchev–Trinajstić information content (AvgIpc) is 2.46. The lowest BCUT2D eigenvalue weighted by molar-refractivity contribution is 0.171. The van der Waals surface area contributed by atoms with Crippen LogP contribution < -0.4 is 15.2 Å². The number of benzene rings is 1. The zero-order chi connectivity index (χ0) is 13.9. The molecule has 0 unspecified atom stereocenters. The molecular weight excluding hydrogens is 294 g/mol. The number of aromatic nitrogens is 2. The zero-order valence-electron chi connectivity index (χ0n) is 10.8. The number of nitrogens with two attached hydrogens (primary N) is 1. The first-order valence-corrected chi connectivity index (χ1v) is 8.05. The number of hydrogen-bond donors (Lipinski definition) is 1. The van der Waals surface area contributed by atoms with Crippen molar-refractivity contribution in [3.8, 4) is 11.5 Å². The maximum atomic E-state index is 5.78. The van der Waals surface area contributed by atoms with Crippen molar-refractivity contribution in [2.45, 2.75) is 15.1 Å². The Morgan fingerprint density at radius 1 is 1.10 bits per heavy atom. The van der Waals surface area contributed by atoms with Gasteiger partial charge in [-0.15, -0.1) is 0 Å². The van der Waals surface area contributed by atoms with Crippen molar-refractivity contribution in [3.63, 3.8) is 0 Å². The zero-order valence-corrected chi connectivity index (χ0v) is 12.5.